The molecule has 3 unspecified atom stereocenters. The number of fused-ring (bicyclic) bond motifs is 3. The molecule has 2 aliphatic rings. The molecule has 1 aliphatic heterocycles. The van der Waals surface area contributed by atoms with E-state index in [9.17, 15) is 8.42 Å². The van der Waals surface area contributed by atoms with Crippen molar-refractivity contribution >= 4 is 27.1 Å². The average Bonchev–Trinajstić information content (AvgIpc) is 3.40. The molecule has 0 spiro atoms. The molecule has 36 heavy (non-hydrogen) atoms. The van der Waals surface area contributed by atoms with E-state index in [1.807, 2.05) is 12.1 Å². The van der Waals surface area contributed by atoms with Gasteiger partial charge in [-0.1, -0.05) is 24.3 Å². The Bertz CT molecular complexity index is 1350. The van der Waals surface area contributed by atoms with Gasteiger partial charge in [0.05, 0.1) is 18.0 Å². The molecule has 2 N–H and O–H groups in total. The topological polar surface area (TPSA) is 70.7 Å². The molecule has 0 saturated carbocycles. The first-order chi connectivity index (χ1) is 17.4. The van der Waals surface area contributed by atoms with Gasteiger partial charge in [0, 0.05) is 36.1 Å². The number of methoxy groups -OCH3 is 1. The Morgan fingerprint density at radius 1 is 1.00 bits per heavy atom. The minimum atomic E-state index is -3.73. The summed E-state index contributed by atoms with van der Waals surface area (Å²) in [5, 5.41) is 3.72. The highest BCUT2D eigenvalue weighted by Crippen LogP contribution is 2.50. The van der Waals surface area contributed by atoms with Gasteiger partial charge in [-0.15, -0.1) is 0 Å². The fourth-order valence-electron chi connectivity index (χ4n) is 5.42. The van der Waals surface area contributed by atoms with Gasteiger partial charge in [0.2, 0.25) is 0 Å². The van der Waals surface area contributed by atoms with Crippen LogP contribution in [-0.4, -0.2) is 28.6 Å². The minimum Gasteiger partial charge on any atom is -0.497 e. The Morgan fingerprint density at radius 3 is 2.39 bits per heavy atom. The maximum Gasteiger partial charge on any atom is 0.261 e. The Hall–Kier alpha value is -3.45. The number of allylic oxidation sites excluding steroid dienone is 2. The van der Waals surface area contributed by atoms with Crippen molar-refractivity contribution in [1.29, 1.82) is 0 Å². The maximum absolute atomic E-state index is 13.2. The molecule has 5 rings (SSSR count). The molecule has 0 aromatic heterocycles. The lowest BCUT2D eigenvalue weighted by Gasteiger charge is -2.38. The predicted molar refractivity (Wildman–Crippen MR) is 147 cm³/mol. The maximum atomic E-state index is 13.2. The second-order valence-corrected chi connectivity index (χ2v) is 11.0. The van der Waals surface area contributed by atoms with Crippen LogP contribution in [-0.2, 0) is 10.0 Å². The van der Waals surface area contributed by atoms with Gasteiger partial charge in [0.1, 0.15) is 5.75 Å². The molecule has 188 valence electrons. The van der Waals surface area contributed by atoms with Crippen molar-refractivity contribution in [1.82, 2.24) is 0 Å². The first-order valence-corrected chi connectivity index (χ1v) is 14.0. The lowest BCUT2D eigenvalue weighted by atomic mass is 9.77. The van der Waals surface area contributed by atoms with Crippen molar-refractivity contribution < 1.29 is 13.2 Å². The fourth-order valence-corrected chi connectivity index (χ4v) is 6.52. The molecular formula is C29H33N3O3S. The van der Waals surface area contributed by atoms with Gasteiger partial charge in [-0.2, -0.15) is 0 Å². The molecule has 6 nitrogen and oxygen atoms in total. The van der Waals surface area contributed by atoms with Crippen molar-refractivity contribution in [3.63, 3.8) is 0 Å². The van der Waals surface area contributed by atoms with E-state index >= 15 is 0 Å². The molecule has 3 atom stereocenters. The van der Waals surface area contributed by atoms with Crippen LogP contribution >= 0.6 is 0 Å². The van der Waals surface area contributed by atoms with Crippen molar-refractivity contribution in [2.24, 2.45) is 5.92 Å². The van der Waals surface area contributed by atoms with Gasteiger partial charge in [-0.05, 0) is 91.9 Å². The molecule has 1 aliphatic carbocycles. The van der Waals surface area contributed by atoms with Crippen molar-refractivity contribution in [3.8, 4) is 5.75 Å². The lowest BCUT2D eigenvalue weighted by molar-refractivity contribution is 0.415. The van der Waals surface area contributed by atoms with Crippen LogP contribution in [0.5, 0.6) is 5.75 Å². The summed E-state index contributed by atoms with van der Waals surface area (Å²) in [5.41, 5.74) is 5.01. The van der Waals surface area contributed by atoms with Crippen LogP contribution in [0.1, 0.15) is 43.4 Å². The number of hydrogen-bond donors (Lipinski definition) is 2. The van der Waals surface area contributed by atoms with E-state index in [4.69, 9.17) is 4.74 Å². The van der Waals surface area contributed by atoms with Crippen molar-refractivity contribution in [2.45, 2.75) is 37.1 Å². The highest BCUT2D eigenvalue weighted by molar-refractivity contribution is 7.92. The molecule has 0 fully saturated rings. The number of benzene rings is 3. The quantitative estimate of drug-likeness (QED) is 0.360. The number of nitrogens with one attached hydrogen (secondary N) is 2. The van der Waals surface area contributed by atoms with Crippen LogP contribution in [0.15, 0.2) is 83.8 Å². The van der Waals surface area contributed by atoms with E-state index in [2.05, 4.69) is 65.2 Å². The van der Waals surface area contributed by atoms with Gasteiger partial charge >= 0.3 is 0 Å². The van der Waals surface area contributed by atoms with Crippen molar-refractivity contribution in [2.75, 3.05) is 35.1 Å². The van der Waals surface area contributed by atoms with E-state index in [1.54, 1.807) is 37.4 Å². The first-order valence-electron chi connectivity index (χ1n) is 12.5. The summed E-state index contributed by atoms with van der Waals surface area (Å²) in [4.78, 5) is 2.61. The van der Waals surface area contributed by atoms with Crippen LogP contribution in [0, 0.1) is 5.92 Å². The normalized spacial score (nSPS) is 20.2. The number of hydrogen-bond acceptors (Lipinski definition) is 5. The Kier molecular flexibility index (Phi) is 6.67. The summed E-state index contributed by atoms with van der Waals surface area (Å²) in [5.74, 6) is 1.18. The Balaban J connectivity index is 1.41. The van der Waals surface area contributed by atoms with Gasteiger partial charge in [-0.25, -0.2) is 8.42 Å². The summed E-state index contributed by atoms with van der Waals surface area (Å²) >= 11 is 0. The number of nitrogens with zero attached hydrogens (tertiary/aromatic N) is 1. The monoisotopic (exact) mass is 503 g/mol. The number of rotatable bonds is 8. The highest BCUT2D eigenvalue weighted by atomic mass is 32.2. The van der Waals surface area contributed by atoms with Crippen LogP contribution in [0.2, 0.25) is 0 Å². The molecule has 7 heteroatoms. The third-order valence-electron chi connectivity index (χ3n) is 7.37. The zero-order valence-electron chi connectivity index (χ0n) is 20.9. The molecule has 3 aromatic rings. The Morgan fingerprint density at radius 2 is 1.72 bits per heavy atom. The molecule has 3 aromatic carbocycles. The molecule has 0 saturated heterocycles. The predicted octanol–water partition coefficient (Wildman–Crippen LogP) is 6.17. The summed E-state index contributed by atoms with van der Waals surface area (Å²) in [6.07, 6.45) is 5.41. The Labute approximate surface area is 214 Å². The van der Waals surface area contributed by atoms with Gasteiger partial charge < -0.3 is 15.0 Å². The van der Waals surface area contributed by atoms with E-state index in [-0.39, 0.29) is 16.9 Å². The molecule has 1 heterocycles. The summed E-state index contributed by atoms with van der Waals surface area (Å²) in [7, 11) is -2.15. The minimum absolute atomic E-state index is 0.170. The second kappa shape index (κ2) is 9.90. The van der Waals surface area contributed by atoms with E-state index in [0.717, 1.165) is 30.8 Å². The van der Waals surface area contributed by atoms with Gasteiger partial charge in [0.15, 0.2) is 0 Å². The molecule has 0 amide bonds. The zero-order valence-corrected chi connectivity index (χ0v) is 21.8. The summed E-state index contributed by atoms with van der Waals surface area (Å²) in [6, 6.07) is 21.3. The van der Waals surface area contributed by atoms with Crippen LogP contribution in [0.25, 0.3) is 0 Å². The largest absolute Gasteiger partial charge is 0.497 e. The average molecular weight is 504 g/mol. The van der Waals surface area contributed by atoms with Crippen LogP contribution in [0.3, 0.4) is 0 Å². The number of anilines is 3. The smallest absolute Gasteiger partial charge is 0.261 e. The van der Waals surface area contributed by atoms with Crippen LogP contribution < -0.4 is 19.7 Å². The highest BCUT2D eigenvalue weighted by Gasteiger charge is 2.38. The number of sulfonamides is 1. The van der Waals surface area contributed by atoms with Gasteiger partial charge in [0.25, 0.3) is 10.0 Å². The second-order valence-electron chi connectivity index (χ2n) is 9.32. The van der Waals surface area contributed by atoms with Crippen LogP contribution in [0.4, 0.5) is 17.1 Å². The summed E-state index contributed by atoms with van der Waals surface area (Å²) < 4.78 is 34.2. The third kappa shape index (κ3) is 4.55. The number of ether oxygens (including phenoxy) is 1. The van der Waals surface area contributed by atoms with E-state index < -0.39 is 10.0 Å². The lowest BCUT2D eigenvalue weighted by Crippen LogP contribution is -2.29. The molecule has 0 bridgehead atoms. The SMILES string of the molecule is CCN(CC)c1ccc(C2Nc3ccc(S(=O)(=O)Nc4ccc(OC)cc4)cc3C3C=CCC32)cc1. The molecule has 0 radical (unpaired) electrons. The first kappa shape index (κ1) is 24.3. The van der Waals surface area contributed by atoms with E-state index in [0.29, 0.717) is 17.4 Å². The van der Waals surface area contributed by atoms with Crippen molar-refractivity contribution in [3.05, 3.63) is 90.0 Å². The fraction of sp³-hybridized carbons (Fsp3) is 0.310. The standard InChI is InChI=1S/C29H33N3O3S/c1-4-32(5-2)22-13-9-20(10-14-22)29-26-8-6-7-25(26)27-19-24(17-18-28(27)30-29)36(33,34)31-21-11-15-23(35-3)16-12-21/h6-7,9-19,25-26,29-31H,4-5,8H2,1-3H3. The third-order valence-corrected chi connectivity index (χ3v) is 8.75. The summed E-state index contributed by atoms with van der Waals surface area (Å²) in [6.45, 7) is 6.32. The van der Waals surface area contributed by atoms with Gasteiger partial charge in [-0.3, -0.25) is 4.72 Å². The van der Waals surface area contributed by atoms with E-state index in [1.165, 1.54) is 11.3 Å². The molecular weight excluding hydrogens is 470 g/mol. The zero-order chi connectivity index (χ0) is 25.3.